The standard InChI is InChI=1S/C24H25NO4/c1-15-7-6-8-16(11-15)14-25-19-13-22(28-4)21(27-3)12-18(19)17-9-10-20(26-2)24(29-5)23(17)25/h6-13H,14H2,1-5H3. The van der Waals surface area contributed by atoms with Gasteiger partial charge in [-0.1, -0.05) is 29.8 Å². The van der Waals surface area contributed by atoms with E-state index >= 15 is 0 Å². The van der Waals surface area contributed by atoms with Crippen LogP contribution in [0.2, 0.25) is 0 Å². The zero-order valence-electron chi connectivity index (χ0n) is 17.4. The molecule has 29 heavy (non-hydrogen) atoms. The third kappa shape index (κ3) is 3.12. The van der Waals surface area contributed by atoms with E-state index in [9.17, 15) is 0 Å². The Hall–Kier alpha value is -3.34. The van der Waals surface area contributed by atoms with E-state index in [0.717, 1.165) is 21.8 Å². The molecule has 4 aromatic rings. The summed E-state index contributed by atoms with van der Waals surface area (Å²) in [6.07, 6.45) is 0. The summed E-state index contributed by atoms with van der Waals surface area (Å²) in [6.45, 7) is 2.80. The number of hydrogen-bond acceptors (Lipinski definition) is 4. The molecule has 5 nitrogen and oxygen atoms in total. The van der Waals surface area contributed by atoms with Crippen LogP contribution in [-0.2, 0) is 6.54 Å². The Bertz CT molecular complexity index is 1190. The van der Waals surface area contributed by atoms with Gasteiger partial charge in [-0.15, -0.1) is 0 Å². The van der Waals surface area contributed by atoms with E-state index in [4.69, 9.17) is 18.9 Å². The van der Waals surface area contributed by atoms with Crippen LogP contribution in [0.3, 0.4) is 0 Å². The molecular formula is C24H25NO4. The van der Waals surface area contributed by atoms with Crippen LogP contribution in [0, 0.1) is 6.92 Å². The SMILES string of the molecule is COc1cc2c3ccc(OC)c(OC)c3n(Cc3cccc(C)c3)c2cc1OC. The predicted molar refractivity (Wildman–Crippen MR) is 116 cm³/mol. The van der Waals surface area contributed by atoms with E-state index in [1.54, 1.807) is 28.4 Å². The average Bonchev–Trinajstić information content (AvgIpc) is 3.04. The summed E-state index contributed by atoms with van der Waals surface area (Å²) in [7, 11) is 6.64. The van der Waals surface area contributed by atoms with Crippen LogP contribution < -0.4 is 18.9 Å². The lowest BCUT2D eigenvalue weighted by Crippen LogP contribution is -2.02. The van der Waals surface area contributed by atoms with Crippen LogP contribution in [0.1, 0.15) is 11.1 Å². The summed E-state index contributed by atoms with van der Waals surface area (Å²) in [5.74, 6) is 2.81. The zero-order chi connectivity index (χ0) is 20.5. The number of rotatable bonds is 6. The van der Waals surface area contributed by atoms with Crippen molar-refractivity contribution in [1.82, 2.24) is 4.57 Å². The molecule has 3 aromatic carbocycles. The number of aryl methyl sites for hydroxylation is 1. The number of ether oxygens (including phenoxy) is 4. The first kappa shape index (κ1) is 19.0. The van der Waals surface area contributed by atoms with Gasteiger partial charge in [0.15, 0.2) is 23.0 Å². The number of fused-ring (bicyclic) bond motifs is 3. The fourth-order valence-electron chi connectivity index (χ4n) is 3.98. The lowest BCUT2D eigenvalue weighted by atomic mass is 10.1. The zero-order valence-corrected chi connectivity index (χ0v) is 17.4. The van der Waals surface area contributed by atoms with Gasteiger partial charge in [-0.2, -0.15) is 0 Å². The summed E-state index contributed by atoms with van der Waals surface area (Å²) in [6, 6.07) is 16.6. The number of hydrogen-bond donors (Lipinski definition) is 0. The largest absolute Gasteiger partial charge is 0.493 e. The number of benzene rings is 3. The molecule has 0 bridgehead atoms. The minimum Gasteiger partial charge on any atom is -0.493 e. The van der Waals surface area contributed by atoms with Gasteiger partial charge in [0.05, 0.1) is 39.5 Å². The Morgan fingerprint density at radius 3 is 2.10 bits per heavy atom. The molecule has 0 radical (unpaired) electrons. The molecule has 4 rings (SSSR count). The Morgan fingerprint density at radius 2 is 1.45 bits per heavy atom. The highest BCUT2D eigenvalue weighted by atomic mass is 16.5. The van der Waals surface area contributed by atoms with Crippen molar-refractivity contribution in [2.24, 2.45) is 0 Å². The van der Waals surface area contributed by atoms with Crippen molar-refractivity contribution in [3.05, 3.63) is 59.7 Å². The molecule has 0 unspecified atom stereocenters. The van der Waals surface area contributed by atoms with Crippen LogP contribution >= 0.6 is 0 Å². The molecule has 5 heteroatoms. The van der Waals surface area contributed by atoms with Gasteiger partial charge >= 0.3 is 0 Å². The fraction of sp³-hybridized carbons (Fsp3) is 0.250. The Kier molecular flexibility index (Phi) is 4.97. The molecular weight excluding hydrogens is 366 g/mol. The van der Waals surface area contributed by atoms with E-state index in [-0.39, 0.29) is 0 Å². The number of methoxy groups -OCH3 is 4. The first-order valence-electron chi connectivity index (χ1n) is 9.45. The van der Waals surface area contributed by atoms with Crippen LogP contribution in [0.15, 0.2) is 48.5 Å². The highest BCUT2D eigenvalue weighted by Gasteiger charge is 2.20. The highest BCUT2D eigenvalue weighted by molar-refractivity contribution is 6.11. The molecule has 150 valence electrons. The van der Waals surface area contributed by atoms with Crippen LogP contribution in [0.5, 0.6) is 23.0 Å². The van der Waals surface area contributed by atoms with Gasteiger partial charge in [0.25, 0.3) is 0 Å². The van der Waals surface area contributed by atoms with Crippen molar-refractivity contribution < 1.29 is 18.9 Å². The smallest absolute Gasteiger partial charge is 0.185 e. The maximum absolute atomic E-state index is 5.79. The van der Waals surface area contributed by atoms with Crippen molar-refractivity contribution in [3.8, 4) is 23.0 Å². The second-order valence-corrected chi connectivity index (χ2v) is 7.00. The van der Waals surface area contributed by atoms with Crippen LogP contribution in [-0.4, -0.2) is 33.0 Å². The van der Waals surface area contributed by atoms with Crippen LogP contribution in [0.4, 0.5) is 0 Å². The van der Waals surface area contributed by atoms with E-state index in [1.807, 2.05) is 18.2 Å². The van der Waals surface area contributed by atoms with Gasteiger partial charge < -0.3 is 23.5 Å². The third-order valence-electron chi connectivity index (χ3n) is 5.30. The second kappa shape index (κ2) is 7.59. The van der Waals surface area contributed by atoms with E-state index in [2.05, 4.69) is 41.8 Å². The molecule has 0 aliphatic rings. The fourth-order valence-corrected chi connectivity index (χ4v) is 3.98. The minimum absolute atomic E-state index is 0.694. The average molecular weight is 391 g/mol. The molecule has 0 aliphatic carbocycles. The molecule has 1 heterocycles. The van der Waals surface area contributed by atoms with Crippen molar-refractivity contribution >= 4 is 21.8 Å². The normalized spacial score (nSPS) is 11.1. The monoisotopic (exact) mass is 391 g/mol. The maximum Gasteiger partial charge on any atom is 0.185 e. The first-order valence-corrected chi connectivity index (χ1v) is 9.45. The number of aromatic nitrogens is 1. The van der Waals surface area contributed by atoms with Gasteiger partial charge in [0.2, 0.25) is 0 Å². The lowest BCUT2D eigenvalue weighted by molar-refractivity contribution is 0.355. The Morgan fingerprint density at radius 1 is 0.724 bits per heavy atom. The topological polar surface area (TPSA) is 41.9 Å². The van der Waals surface area contributed by atoms with Gasteiger partial charge in [-0.05, 0) is 30.7 Å². The maximum atomic E-state index is 5.79. The van der Waals surface area contributed by atoms with Gasteiger partial charge in [-0.25, -0.2) is 0 Å². The predicted octanol–water partition coefficient (Wildman–Crippen LogP) is 5.19. The Labute approximate surface area is 170 Å². The lowest BCUT2D eigenvalue weighted by Gasteiger charge is -2.14. The van der Waals surface area contributed by atoms with Gasteiger partial charge in [0, 0.05) is 23.4 Å². The molecule has 0 saturated heterocycles. The van der Waals surface area contributed by atoms with E-state index in [1.165, 1.54) is 11.1 Å². The molecule has 0 atom stereocenters. The van der Waals surface area contributed by atoms with Crippen molar-refractivity contribution in [2.75, 3.05) is 28.4 Å². The highest BCUT2D eigenvalue weighted by Crippen LogP contribution is 2.44. The summed E-state index contributed by atoms with van der Waals surface area (Å²) in [4.78, 5) is 0. The van der Waals surface area contributed by atoms with E-state index < -0.39 is 0 Å². The second-order valence-electron chi connectivity index (χ2n) is 7.00. The quantitative estimate of drug-likeness (QED) is 0.454. The first-order chi connectivity index (χ1) is 14.1. The van der Waals surface area contributed by atoms with Gasteiger partial charge in [0.1, 0.15) is 0 Å². The van der Waals surface area contributed by atoms with Crippen molar-refractivity contribution in [1.29, 1.82) is 0 Å². The minimum atomic E-state index is 0.694. The molecule has 0 fully saturated rings. The molecule has 0 amide bonds. The summed E-state index contributed by atoms with van der Waals surface area (Å²) < 4.78 is 24.7. The van der Waals surface area contributed by atoms with E-state index in [0.29, 0.717) is 29.5 Å². The Balaban J connectivity index is 2.10. The summed E-state index contributed by atoms with van der Waals surface area (Å²) >= 11 is 0. The molecule has 0 spiro atoms. The van der Waals surface area contributed by atoms with Crippen molar-refractivity contribution in [2.45, 2.75) is 13.5 Å². The molecule has 1 aromatic heterocycles. The molecule has 0 aliphatic heterocycles. The molecule has 0 saturated carbocycles. The number of nitrogens with zero attached hydrogens (tertiary/aromatic N) is 1. The summed E-state index contributed by atoms with van der Waals surface area (Å²) in [5, 5.41) is 2.15. The summed E-state index contributed by atoms with van der Waals surface area (Å²) in [5.41, 5.74) is 4.47. The van der Waals surface area contributed by atoms with Crippen LogP contribution in [0.25, 0.3) is 21.8 Å². The third-order valence-corrected chi connectivity index (χ3v) is 5.30. The van der Waals surface area contributed by atoms with Gasteiger partial charge in [-0.3, -0.25) is 0 Å². The molecule has 0 N–H and O–H groups in total. The van der Waals surface area contributed by atoms with Crippen molar-refractivity contribution in [3.63, 3.8) is 0 Å².